The molecule has 1 rings (SSSR count). The average Bonchev–Trinajstić information content (AvgIpc) is 2.06. The van der Waals surface area contributed by atoms with Gasteiger partial charge >= 0.3 is 0 Å². The van der Waals surface area contributed by atoms with Crippen molar-refractivity contribution < 1.29 is 9.66 Å². The third-order valence-electron chi connectivity index (χ3n) is 2.34. The first kappa shape index (κ1) is 9.45. The van der Waals surface area contributed by atoms with Crippen LogP contribution in [0.5, 0.6) is 0 Å². The van der Waals surface area contributed by atoms with E-state index in [-0.39, 0.29) is 17.1 Å². The lowest BCUT2D eigenvalue weighted by molar-refractivity contribution is -0.527. The third-order valence-corrected chi connectivity index (χ3v) is 2.34. The smallest absolute Gasteiger partial charge is 0.213 e. The van der Waals surface area contributed by atoms with Crippen LogP contribution < -0.4 is 0 Å². The molecule has 4 heteroatoms. The fourth-order valence-corrected chi connectivity index (χ4v) is 1.66. The van der Waals surface area contributed by atoms with Crippen LogP contribution in [0.15, 0.2) is 0 Å². The average molecular weight is 173 g/mol. The highest BCUT2D eigenvalue weighted by molar-refractivity contribution is 4.71. The lowest BCUT2D eigenvalue weighted by Crippen LogP contribution is -2.29. The molecule has 12 heavy (non-hydrogen) atoms. The van der Waals surface area contributed by atoms with Crippen molar-refractivity contribution in [3.8, 4) is 0 Å². The maximum atomic E-state index is 10.4. The van der Waals surface area contributed by atoms with Gasteiger partial charge < -0.3 is 4.74 Å². The molecule has 0 radical (unpaired) electrons. The second-order valence-corrected chi connectivity index (χ2v) is 3.17. The van der Waals surface area contributed by atoms with Crippen LogP contribution >= 0.6 is 0 Å². The molecule has 1 aliphatic rings. The fourth-order valence-electron chi connectivity index (χ4n) is 1.66. The molecule has 0 atom stereocenters. The molecular formula is C8H15NO3. The van der Waals surface area contributed by atoms with Gasteiger partial charge in [0.1, 0.15) is 0 Å². The summed E-state index contributed by atoms with van der Waals surface area (Å²) in [5, 5.41) is 10.4. The Hall–Kier alpha value is -0.640. The highest BCUT2D eigenvalue weighted by Crippen LogP contribution is 2.22. The second-order valence-electron chi connectivity index (χ2n) is 3.17. The van der Waals surface area contributed by atoms with Crippen LogP contribution in [0.4, 0.5) is 0 Å². The van der Waals surface area contributed by atoms with Crippen molar-refractivity contribution in [2.45, 2.75) is 44.8 Å². The van der Waals surface area contributed by atoms with Gasteiger partial charge in [0.05, 0.1) is 6.10 Å². The Morgan fingerprint density at radius 1 is 1.42 bits per heavy atom. The van der Waals surface area contributed by atoms with Gasteiger partial charge in [-0.2, -0.15) is 0 Å². The molecule has 1 saturated carbocycles. The summed E-state index contributed by atoms with van der Waals surface area (Å²) >= 11 is 0. The van der Waals surface area contributed by atoms with Crippen LogP contribution in [0, 0.1) is 10.1 Å². The van der Waals surface area contributed by atoms with E-state index in [1.807, 2.05) is 6.92 Å². The van der Waals surface area contributed by atoms with E-state index < -0.39 is 0 Å². The molecule has 1 fully saturated rings. The minimum Gasteiger partial charge on any atom is -0.379 e. The molecule has 0 amide bonds. The lowest BCUT2D eigenvalue weighted by Gasteiger charge is -2.23. The number of hydrogen-bond acceptors (Lipinski definition) is 3. The highest BCUT2D eigenvalue weighted by atomic mass is 16.6. The van der Waals surface area contributed by atoms with Crippen LogP contribution in [0.1, 0.15) is 32.6 Å². The van der Waals surface area contributed by atoms with Gasteiger partial charge in [-0.05, 0) is 19.8 Å². The molecule has 0 aromatic carbocycles. The van der Waals surface area contributed by atoms with E-state index in [1.165, 1.54) is 0 Å². The normalized spacial score (nSPS) is 30.1. The van der Waals surface area contributed by atoms with Gasteiger partial charge in [-0.25, -0.2) is 0 Å². The van der Waals surface area contributed by atoms with Crippen molar-refractivity contribution in [3.63, 3.8) is 0 Å². The Balaban J connectivity index is 2.25. The number of rotatable bonds is 3. The fraction of sp³-hybridized carbons (Fsp3) is 1.00. The largest absolute Gasteiger partial charge is 0.379 e. The molecular weight excluding hydrogens is 158 g/mol. The maximum absolute atomic E-state index is 10.4. The molecule has 0 aromatic rings. The standard InChI is InChI=1S/C8H15NO3/c1-2-12-8-5-3-7(4-6-8)9(10)11/h7-8H,2-6H2,1H3. The van der Waals surface area contributed by atoms with Crippen molar-refractivity contribution >= 4 is 0 Å². The summed E-state index contributed by atoms with van der Waals surface area (Å²) in [6, 6.07) is -0.318. The molecule has 0 heterocycles. The van der Waals surface area contributed by atoms with Gasteiger partial charge in [0.2, 0.25) is 6.04 Å². The first-order valence-corrected chi connectivity index (χ1v) is 4.49. The van der Waals surface area contributed by atoms with Crippen LogP contribution in [0.2, 0.25) is 0 Å². The quantitative estimate of drug-likeness (QED) is 0.481. The first-order valence-electron chi connectivity index (χ1n) is 4.49. The van der Waals surface area contributed by atoms with Gasteiger partial charge in [0.15, 0.2) is 0 Å². The number of ether oxygens (including phenoxy) is 1. The van der Waals surface area contributed by atoms with Crippen molar-refractivity contribution in [3.05, 3.63) is 10.1 Å². The number of nitro groups is 1. The predicted molar refractivity (Wildman–Crippen MR) is 44.7 cm³/mol. The Kier molecular flexibility index (Phi) is 3.47. The Morgan fingerprint density at radius 3 is 2.42 bits per heavy atom. The van der Waals surface area contributed by atoms with Gasteiger partial charge in [-0.1, -0.05) is 0 Å². The highest BCUT2D eigenvalue weighted by Gasteiger charge is 2.28. The molecule has 70 valence electrons. The Morgan fingerprint density at radius 2 is 2.00 bits per heavy atom. The van der Waals surface area contributed by atoms with E-state index >= 15 is 0 Å². The van der Waals surface area contributed by atoms with E-state index in [0.29, 0.717) is 19.4 Å². The van der Waals surface area contributed by atoms with E-state index in [1.54, 1.807) is 0 Å². The summed E-state index contributed by atoms with van der Waals surface area (Å²) in [4.78, 5) is 10.2. The first-order chi connectivity index (χ1) is 5.74. The molecule has 0 saturated heterocycles. The molecule has 0 N–H and O–H groups in total. The van der Waals surface area contributed by atoms with Crippen LogP contribution in [-0.4, -0.2) is 23.7 Å². The molecule has 0 aromatic heterocycles. The van der Waals surface area contributed by atoms with Crippen LogP contribution in [-0.2, 0) is 4.74 Å². The number of nitrogens with zero attached hydrogens (tertiary/aromatic N) is 1. The monoisotopic (exact) mass is 173 g/mol. The van der Waals surface area contributed by atoms with Crippen molar-refractivity contribution in [2.75, 3.05) is 6.61 Å². The summed E-state index contributed by atoms with van der Waals surface area (Å²) in [5.74, 6) is 0. The maximum Gasteiger partial charge on any atom is 0.213 e. The van der Waals surface area contributed by atoms with Crippen molar-refractivity contribution in [1.82, 2.24) is 0 Å². The molecule has 0 bridgehead atoms. The summed E-state index contributed by atoms with van der Waals surface area (Å²) in [7, 11) is 0. The lowest BCUT2D eigenvalue weighted by atomic mass is 9.93. The third kappa shape index (κ3) is 2.44. The van der Waals surface area contributed by atoms with E-state index in [9.17, 15) is 10.1 Å². The minimum atomic E-state index is -0.318. The zero-order chi connectivity index (χ0) is 8.97. The van der Waals surface area contributed by atoms with Gasteiger partial charge in [0, 0.05) is 24.4 Å². The molecule has 1 aliphatic carbocycles. The zero-order valence-electron chi connectivity index (χ0n) is 7.36. The van der Waals surface area contributed by atoms with Crippen molar-refractivity contribution in [1.29, 1.82) is 0 Å². The van der Waals surface area contributed by atoms with Gasteiger partial charge in [0.25, 0.3) is 0 Å². The van der Waals surface area contributed by atoms with Crippen molar-refractivity contribution in [2.24, 2.45) is 0 Å². The second kappa shape index (κ2) is 4.40. The number of hydrogen-bond donors (Lipinski definition) is 0. The minimum absolute atomic E-state index is 0.165. The summed E-state index contributed by atoms with van der Waals surface area (Å²) < 4.78 is 5.39. The topological polar surface area (TPSA) is 52.4 Å². The summed E-state index contributed by atoms with van der Waals surface area (Å²) in [6.45, 7) is 2.67. The Labute approximate surface area is 72.1 Å². The Bertz CT molecular complexity index is 152. The van der Waals surface area contributed by atoms with E-state index in [0.717, 1.165) is 12.8 Å². The molecule has 0 spiro atoms. The van der Waals surface area contributed by atoms with Crippen LogP contribution in [0.3, 0.4) is 0 Å². The predicted octanol–water partition coefficient (Wildman–Crippen LogP) is 1.61. The van der Waals surface area contributed by atoms with E-state index in [4.69, 9.17) is 4.74 Å². The summed E-state index contributed by atoms with van der Waals surface area (Å²) in [5.41, 5.74) is 0. The SMILES string of the molecule is CCOC1CCC([N+](=O)[O-])CC1. The zero-order valence-corrected chi connectivity index (χ0v) is 7.36. The van der Waals surface area contributed by atoms with E-state index in [2.05, 4.69) is 0 Å². The summed E-state index contributed by atoms with van der Waals surface area (Å²) in [6.07, 6.45) is 3.32. The molecule has 4 nitrogen and oxygen atoms in total. The van der Waals surface area contributed by atoms with Gasteiger partial charge in [-0.3, -0.25) is 10.1 Å². The van der Waals surface area contributed by atoms with Gasteiger partial charge in [-0.15, -0.1) is 0 Å². The molecule has 0 unspecified atom stereocenters. The van der Waals surface area contributed by atoms with Crippen LogP contribution in [0.25, 0.3) is 0 Å². The molecule has 0 aliphatic heterocycles.